The molecule has 5 aliphatic carbocycles. The number of halogens is 6. The second-order valence-corrected chi connectivity index (χ2v) is 36.9. The minimum absolute atomic E-state index is 0.296. The second kappa shape index (κ2) is 33.3. The summed E-state index contributed by atoms with van der Waals surface area (Å²) in [5, 5.41) is 3.44. The van der Waals surface area contributed by atoms with E-state index in [1.165, 1.54) is 96.6 Å². The monoisotopic (exact) mass is 1510 g/mol. The van der Waals surface area contributed by atoms with Crippen LogP contribution in [-0.4, -0.2) is 198 Å². The van der Waals surface area contributed by atoms with Crippen LogP contribution in [0, 0.1) is 10.5 Å². The van der Waals surface area contributed by atoms with E-state index in [2.05, 4.69) is 165 Å². The quantitative estimate of drug-likeness (QED) is 0.0994. The van der Waals surface area contributed by atoms with Gasteiger partial charge in [0.1, 0.15) is 29.1 Å². The third kappa shape index (κ3) is 21.6. The lowest BCUT2D eigenvalue weighted by atomic mass is 10.0. The molecule has 10 fully saturated rings. The lowest BCUT2D eigenvalue weighted by Crippen LogP contribution is -2.52. The van der Waals surface area contributed by atoms with Crippen molar-refractivity contribution in [3.63, 3.8) is 0 Å². The van der Waals surface area contributed by atoms with Gasteiger partial charge in [0.05, 0.1) is 36.4 Å². The zero-order valence-electron chi connectivity index (χ0n) is 57.5. The Hall–Kier alpha value is -3.25. The Bertz CT molecular complexity index is 3010. The van der Waals surface area contributed by atoms with Crippen molar-refractivity contribution < 1.29 is 4.43 Å². The molecule has 0 spiro atoms. The molecule has 0 unspecified atom stereocenters. The van der Waals surface area contributed by atoms with Crippen molar-refractivity contribution in [2.24, 2.45) is 0 Å². The summed E-state index contributed by atoms with van der Waals surface area (Å²) in [7, 11) is -1.23. The number of nitrogens with zero attached hydrogens (tertiary/aromatic N) is 14. The van der Waals surface area contributed by atoms with Gasteiger partial charge in [-0.2, -0.15) is 0 Å². The molecule has 0 aromatic carbocycles. The van der Waals surface area contributed by atoms with Gasteiger partial charge in [-0.1, -0.05) is 58.0 Å². The molecule has 0 amide bonds. The van der Waals surface area contributed by atoms with Crippen LogP contribution in [0.3, 0.4) is 0 Å². The molecular weight excluding hydrogens is 1410 g/mol. The first kappa shape index (κ1) is 73.5. The summed E-state index contributed by atoms with van der Waals surface area (Å²) in [6, 6.07) is 20.1. The highest BCUT2D eigenvalue weighted by molar-refractivity contribution is 14.1. The Balaban J connectivity index is 0.000000124. The maximum absolute atomic E-state index is 6.04. The number of aromatic nitrogens is 5. The Kier molecular flexibility index (Phi) is 26.0. The smallest absolute Gasteiger partial charge is 0.184 e. The maximum atomic E-state index is 6.04. The van der Waals surface area contributed by atoms with E-state index in [9.17, 15) is 0 Å². The fraction of sp³-hybridized carbons (Fsp3) is 0.648. The number of piperazine rings is 4. The average Bonchev–Trinajstić information content (AvgIpc) is 1.78. The third-order valence-electron chi connectivity index (χ3n) is 19.8. The van der Waals surface area contributed by atoms with Crippen molar-refractivity contribution in [3.8, 4) is 0 Å². The van der Waals surface area contributed by atoms with Gasteiger partial charge in [-0.3, -0.25) is 19.6 Å². The summed E-state index contributed by atoms with van der Waals surface area (Å²) in [6.45, 7) is 36.9. The van der Waals surface area contributed by atoms with Crippen LogP contribution in [0.5, 0.6) is 0 Å². The van der Waals surface area contributed by atoms with Gasteiger partial charge >= 0.3 is 0 Å². The van der Waals surface area contributed by atoms with E-state index in [4.69, 9.17) is 68.2 Å². The van der Waals surface area contributed by atoms with Crippen LogP contribution in [0.2, 0.25) is 44.8 Å². The molecule has 10 heterocycles. The first-order valence-electron chi connectivity index (χ1n) is 34.9. The van der Waals surface area contributed by atoms with Crippen LogP contribution in [0.1, 0.15) is 131 Å². The molecule has 5 aliphatic heterocycles. The minimum Gasteiger partial charge on any atom is -0.412 e. The fourth-order valence-electron chi connectivity index (χ4n) is 13.8. The number of pyridine rings is 5. The van der Waals surface area contributed by atoms with Crippen LogP contribution >= 0.6 is 80.6 Å². The Labute approximate surface area is 602 Å². The van der Waals surface area contributed by atoms with E-state index in [0.717, 1.165) is 144 Å². The standard InChI is InChI=1S/C14H20ClN3.C13H17ClIN3.C13H19ClN4.C13H18ClN3.C11H15ClN2.C7H16OSi/c1-10-7-14(16-8-13(10)15)18-6-5-17(9-11(18)2)12-3-4-12;2*1-9-8-17(10-2-3-10)4-5-18(9)13-6-12(15)11(14)7-16-13;1-10-9-16(12-3-4-12)6-7-17(10)13-5-2-11(14)8-15-13;1-9-4-2-3-7-14(9)11-6-5-10(12)8-13-11;1-7(5-6-7)8-9(2,3)4/h7-8,11-12H,3-6,9H2,1-2H3;6-7,9-10H,2-5,8H2,1H3;6-7,9-10H,2-5,8H2,1H3,(H2,15,16);2,5,8,10,12H,3-4,6-7,9H2,1H3;5-6,8-9H,2-4,7H2,1H3;5-6H2,1-4H3/t11-;2*9-;10-;9-;/m00000./s1. The number of nitrogen functional groups attached to an aromatic ring is 1. The number of nitrogens with two attached hydrogens (primary N) is 1. The van der Waals surface area contributed by atoms with Gasteiger partial charge < -0.3 is 34.7 Å². The number of hydrogen-bond donors (Lipinski definition) is 1. The number of piperidine rings is 1. The van der Waals surface area contributed by atoms with Crippen molar-refractivity contribution in [2.75, 3.05) is 115 Å². The third-order valence-corrected chi connectivity index (χ3v) is 23.6. The molecule has 0 radical (unpaired) electrons. The van der Waals surface area contributed by atoms with Gasteiger partial charge in [-0.15, -0.1) is 0 Å². The van der Waals surface area contributed by atoms with Gasteiger partial charge in [0.15, 0.2) is 8.32 Å². The van der Waals surface area contributed by atoms with E-state index in [1.54, 1.807) is 31.0 Å². The average molecular weight is 1520 g/mol. The first-order chi connectivity index (χ1) is 44.9. The molecule has 10 aliphatic rings. The summed E-state index contributed by atoms with van der Waals surface area (Å²) in [4.78, 5) is 44.4. The fourth-order valence-corrected chi connectivity index (χ4v) is 16.4. The maximum Gasteiger partial charge on any atom is 0.184 e. The highest BCUT2D eigenvalue weighted by Gasteiger charge is 2.42. The van der Waals surface area contributed by atoms with Gasteiger partial charge in [0.2, 0.25) is 0 Å². The molecule has 516 valence electrons. The van der Waals surface area contributed by atoms with Crippen molar-refractivity contribution in [1.29, 1.82) is 0 Å². The number of hydrogen-bond acceptors (Lipinski definition) is 16. The molecule has 5 saturated heterocycles. The first-order valence-corrected chi connectivity index (χ1v) is 41.3. The summed E-state index contributed by atoms with van der Waals surface area (Å²) in [5.41, 5.74) is 7.86. The van der Waals surface area contributed by atoms with Crippen molar-refractivity contribution >= 4 is 124 Å². The Morgan fingerprint density at radius 2 is 0.809 bits per heavy atom. The molecule has 94 heavy (non-hydrogen) atoms. The molecule has 5 aromatic rings. The van der Waals surface area contributed by atoms with Crippen LogP contribution in [0.15, 0.2) is 73.4 Å². The number of anilines is 6. The van der Waals surface area contributed by atoms with Crippen molar-refractivity contribution in [3.05, 3.63) is 108 Å². The van der Waals surface area contributed by atoms with Gasteiger partial charge in [0.25, 0.3) is 0 Å². The summed E-state index contributed by atoms with van der Waals surface area (Å²) in [5.74, 6) is 5.19. The molecule has 23 heteroatoms. The highest BCUT2D eigenvalue weighted by atomic mass is 127. The van der Waals surface area contributed by atoms with E-state index >= 15 is 0 Å². The van der Waals surface area contributed by atoms with Crippen LogP contribution in [0.4, 0.5) is 34.8 Å². The highest BCUT2D eigenvalue weighted by Crippen LogP contribution is 2.41. The van der Waals surface area contributed by atoms with E-state index in [-0.39, 0.29) is 0 Å². The zero-order chi connectivity index (χ0) is 67.0. The topological polar surface area (TPSA) is 129 Å². The molecule has 16 nitrogen and oxygen atoms in total. The van der Waals surface area contributed by atoms with Crippen LogP contribution < -0.4 is 30.2 Å². The van der Waals surface area contributed by atoms with Crippen LogP contribution in [0.25, 0.3) is 0 Å². The molecular formula is C71H105Cl5IN15OSi. The van der Waals surface area contributed by atoms with Crippen molar-refractivity contribution in [1.82, 2.24) is 44.5 Å². The second-order valence-electron chi connectivity index (χ2n) is 29.3. The SMILES string of the molecule is CC1(O[Si](C)(C)C)CC1.C[C@H]1CCCCN1c1ccc(Cl)cn1.C[C@H]1CN(C2CC2)CCN1c1cc(I)c(Cl)cn1.C[C@H]1CN(C2CC2)CCN1c1cc(N)c(Cl)cn1.C[C@H]1CN(C2CC2)CCN1c1ccc(Cl)cn1.Cc1cc(N2CCN(C3CC3)C[C@@H]2C)ncc1Cl. The predicted octanol–water partition coefficient (Wildman–Crippen LogP) is 15.6. The van der Waals surface area contributed by atoms with Crippen molar-refractivity contribution in [2.45, 2.75) is 212 Å². The lowest BCUT2D eigenvalue weighted by Gasteiger charge is -2.40. The minimum atomic E-state index is -1.23. The number of aryl methyl sites for hydroxylation is 1. The molecule has 5 saturated carbocycles. The van der Waals surface area contributed by atoms with Crippen LogP contribution in [-0.2, 0) is 4.43 Å². The summed E-state index contributed by atoms with van der Waals surface area (Å²) < 4.78 is 6.95. The molecule has 15 rings (SSSR count). The Morgan fingerprint density at radius 1 is 0.447 bits per heavy atom. The molecule has 0 bridgehead atoms. The van der Waals surface area contributed by atoms with Gasteiger partial charge in [-0.25, -0.2) is 24.9 Å². The normalized spacial score (nSPS) is 25.0. The molecule has 5 aromatic heterocycles. The van der Waals surface area contributed by atoms with E-state index in [0.29, 0.717) is 56.6 Å². The predicted molar refractivity (Wildman–Crippen MR) is 406 cm³/mol. The van der Waals surface area contributed by atoms with E-state index in [1.807, 2.05) is 37.3 Å². The van der Waals surface area contributed by atoms with Gasteiger partial charge in [-0.05, 0) is 216 Å². The summed E-state index contributed by atoms with van der Waals surface area (Å²) >= 11 is 31.9. The number of rotatable bonds is 11. The molecule has 5 atom stereocenters. The lowest BCUT2D eigenvalue weighted by molar-refractivity contribution is 0.192. The largest absolute Gasteiger partial charge is 0.412 e. The zero-order valence-corrected chi connectivity index (χ0v) is 64.5. The van der Waals surface area contributed by atoms with Gasteiger partial charge in [0, 0.05) is 180 Å². The summed E-state index contributed by atoms with van der Waals surface area (Å²) in [6.07, 6.45) is 26.2. The van der Waals surface area contributed by atoms with E-state index < -0.39 is 8.32 Å². The molecule has 2 N–H and O–H groups in total. The Morgan fingerprint density at radius 3 is 1.13 bits per heavy atom.